The predicted octanol–water partition coefficient (Wildman–Crippen LogP) is 12.0. The zero-order valence-corrected chi connectivity index (χ0v) is 24.7. The van der Waals surface area contributed by atoms with Crippen LogP contribution in [0.5, 0.6) is 0 Å². The number of nitrogens with zero attached hydrogens (tertiary/aromatic N) is 1. The summed E-state index contributed by atoms with van der Waals surface area (Å²) in [5.74, 6) is 0. The summed E-state index contributed by atoms with van der Waals surface area (Å²) in [4.78, 5) is 0. The van der Waals surface area contributed by atoms with Gasteiger partial charge in [-0.25, -0.2) is 0 Å². The van der Waals surface area contributed by atoms with E-state index in [0.717, 1.165) is 88.4 Å². The van der Waals surface area contributed by atoms with Gasteiger partial charge >= 0.3 is 0 Å². The summed E-state index contributed by atoms with van der Waals surface area (Å²) in [5.41, 5.74) is 12.7. The highest BCUT2D eigenvalue weighted by molar-refractivity contribution is 6.09. The zero-order valence-electron chi connectivity index (χ0n) is 24.7. The molecule has 0 aliphatic rings. The molecule has 0 N–H and O–H groups in total. The number of hydrogen-bond acceptors (Lipinski definition) is 3. The van der Waals surface area contributed by atoms with Crippen LogP contribution in [0.4, 0.5) is 0 Å². The summed E-state index contributed by atoms with van der Waals surface area (Å²) in [5, 5.41) is 14.2. The third-order valence-corrected chi connectivity index (χ3v) is 8.90. The fourth-order valence-corrected chi connectivity index (χ4v) is 6.74. The second-order valence-corrected chi connectivity index (χ2v) is 11.6. The van der Waals surface area contributed by atoms with Gasteiger partial charge in [0.25, 0.3) is 0 Å². The van der Waals surface area contributed by atoms with Crippen LogP contribution in [-0.2, 0) is 0 Å². The van der Waals surface area contributed by atoms with Gasteiger partial charge in [-0.3, -0.25) is 0 Å². The molecule has 0 fully saturated rings. The second kappa shape index (κ2) is 10.4. The van der Waals surface area contributed by atoms with E-state index in [1.165, 1.54) is 0 Å². The van der Waals surface area contributed by atoms with Crippen molar-refractivity contribution in [1.82, 2.24) is 0 Å². The summed E-state index contributed by atoms with van der Waals surface area (Å²) in [6.45, 7) is 0. The van der Waals surface area contributed by atoms with Gasteiger partial charge in [-0.05, 0) is 105 Å². The largest absolute Gasteiger partial charge is 0.456 e. The van der Waals surface area contributed by atoms with Gasteiger partial charge in [0, 0.05) is 21.5 Å². The molecule has 7 aromatic carbocycles. The SMILES string of the molecule is N#Cc1cccc(-c2c(-c3ccc4oc5ccccc5c4c3)cc(-c3ccccc3)cc2-c2ccc3oc4ccccc4c3c2)c1. The van der Waals surface area contributed by atoms with Gasteiger partial charge < -0.3 is 8.83 Å². The van der Waals surface area contributed by atoms with E-state index in [9.17, 15) is 5.26 Å². The first-order valence-corrected chi connectivity index (χ1v) is 15.3. The topological polar surface area (TPSA) is 50.1 Å². The molecule has 3 nitrogen and oxygen atoms in total. The van der Waals surface area contributed by atoms with Crippen LogP contribution in [0.2, 0.25) is 0 Å². The molecule has 9 rings (SSSR count). The monoisotopic (exact) mass is 587 g/mol. The van der Waals surface area contributed by atoms with E-state index in [2.05, 4.69) is 97.1 Å². The van der Waals surface area contributed by atoms with Gasteiger partial charge in [-0.2, -0.15) is 5.26 Å². The Morgan fingerprint density at radius 2 is 0.891 bits per heavy atom. The molecule has 0 saturated carbocycles. The molecule has 0 spiro atoms. The van der Waals surface area contributed by atoms with E-state index < -0.39 is 0 Å². The lowest BCUT2D eigenvalue weighted by atomic mass is 9.84. The van der Waals surface area contributed by atoms with E-state index in [1.807, 2.05) is 60.7 Å². The van der Waals surface area contributed by atoms with Crippen LogP contribution in [0.1, 0.15) is 5.56 Å². The Morgan fingerprint density at radius 3 is 1.48 bits per heavy atom. The van der Waals surface area contributed by atoms with Crippen molar-refractivity contribution < 1.29 is 8.83 Å². The van der Waals surface area contributed by atoms with Crippen molar-refractivity contribution >= 4 is 43.9 Å². The molecule has 3 heteroatoms. The average Bonchev–Trinajstić information content (AvgIpc) is 3.69. The first-order valence-electron chi connectivity index (χ1n) is 15.3. The van der Waals surface area contributed by atoms with Gasteiger partial charge in [0.1, 0.15) is 22.3 Å². The highest BCUT2D eigenvalue weighted by atomic mass is 16.3. The fraction of sp³-hybridized carbons (Fsp3) is 0. The summed E-state index contributed by atoms with van der Waals surface area (Å²) in [7, 11) is 0. The molecule has 0 aliphatic heterocycles. The van der Waals surface area contributed by atoms with Gasteiger partial charge in [-0.15, -0.1) is 0 Å². The van der Waals surface area contributed by atoms with Crippen molar-refractivity contribution in [2.45, 2.75) is 0 Å². The van der Waals surface area contributed by atoms with Crippen LogP contribution in [0.3, 0.4) is 0 Å². The smallest absolute Gasteiger partial charge is 0.135 e. The van der Waals surface area contributed by atoms with Crippen molar-refractivity contribution in [3.8, 4) is 50.6 Å². The number of para-hydroxylation sites is 2. The molecule has 0 saturated heterocycles. The Morgan fingerprint density at radius 1 is 0.370 bits per heavy atom. The molecular weight excluding hydrogens is 562 g/mol. The maximum Gasteiger partial charge on any atom is 0.135 e. The Kier molecular flexibility index (Phi) is 5.88. The van der Waals surface area contributed by atoms with E-state index in [1.54, 1.807) is 0 Å². The Bertz CT molecular complexity index is 2520. The van der Waals surface area contributed by atoms with Gasteiger partial charge in [0.05, 0.1) is 11.6 Å². The van der Waals surface area contributed by atoms with Crippen LogP contribution in [0, 0.1) is 11.3 Å². The zero-order chi connectivity index (χ0) is 30.6. The van der Waals surface area contributed by atoms with Crippen LogP contribution in [-0.4, -0.2) is 0 Å². The highest BCUT2D eigenvalue weighted by Crippen LogP contribution is 2.45. The quantitative estimate of drug-likeness (QED) is 0.206. The number of benzene rings is 7. The third kappa shape index (κ3) is 4.20. The summed E-state index contributed by atoms with van der Waals surface area (Å²) in [6, 6.07) is 54.6. The van der Waals surface area contributed by atoms with Gasteiger partial charge in [0.2, 0.25) is 0 Å². The van der Waals surface area contributed by atoms with E-state index in [4.69, 9.17) is 8.83 Å². The lowest BCUT2D eigenvalue weighted by Gasteiger charge is -2.19. The molecule has 2 heterocycles. The molecule has 2 aromatic heterocycles. The second-order valence-electron chi connectivity index (χ2n) is 11.6. The summed E-state index contributed by atoms with van der Waals surface area (Å²) >= 11 is 0. The highest BCUT2D eigenvalue weighted by Gasteiger charge is 2.20. The van der Waals surface area contributed by atoms with Gasteiger partial charge in [0.15, 0.2) is 0 Å². The molecule has 0 amide bonds. The molecule has 0 unspecified atom stereocenters. The van der Waals surface area contributed by atoms with Crippen molar-refractivity contribution in [1.29, 1.82) is 5.26 Å². The molecule has 0 bridgehead atoms. The fourth-order valence-electron chi connectivity index (χ4n) is 6.74. The predicted molar refractivity (Wildman–Crippen MR) is 187 cm³/mol. The van der Waals surface area contributed by atoms with Crippen molar-refractivity contribution in [3.05, 3.63) is 157 Å². The minimum absolute atomic E-state index is 0.620. The molecular formula is C43H25NO2. The number of rotatable bonds is 4. The molecule has 46 heavy (non-hydrogen) atoms. The Hall–Kier alpha value is -6.37. The van der Waals surface area contributed by atoms with E-state index >= 15 is 0 Å². The third-order valence-electron chi connectivity index (χ3n) is 8.90. The van der Waals surface area contributed by atoms with Crippen molar-refractivity contribution in [3.63, 3.8) is 0 Å². The van der Waals surface area contributed by atoms with E-state index in [0.29, 0.717) is 5.56 Å². The molecule has 9 aromatic rings. The number of furan rings is 2. The Balaban J connectivity index is 1.39. The van der Waals surface area contributed by atoms with Crippen LogP contribution in [0.25, 0.3) is 88.4 Å². The lowest BCUT2D eigenvalue weighted by Crippen LogP contribution is -1.94. The maximum absolute atomic E-state index is 9.89. The first kappa shape index (κ1) is 26.1. The number of fused-ring (bicyclic) bond motifs is 6. The normalized spacial score (nSPS) is 11.5. The first-order chi connectivity index (χ1) is 22.7. The maximum atomic E-state index is 9.89. The molecule has 214 valence electrons. The Labute approximate surface area is 265 Å². The number of hydrogen-bond donors (Lipinski definition) is 0. The average molecular weight is 588 g/mol. The minimum Gasteiger partial charge on any atom is -0.456 e. The summed E-state index contributed by atoms with van der Waals surface area (Å²) in [6.07, 6.45) is 0. The van der Waals surface area contributed by atoms with Crippen LogP contribution < -0.4 is 0 Å². The van der Waals surface area contributed by atoms with Crippen molar-refractivity contribution in [2.75, 3.05) is 0 Å². The van der Waals surface area contributed by atoms with Gasteiger partial charge in [-0.1, -0.05) is 91.0 Å². The molecule has 0 radical (unpaired) electrons. The van der Waals surface area contributed by atoms with E-state index in [-0.39, 0.29) is 0 Å². The van der Waals surface area contributed by atoms with Crippen LogP contribution in [0.15, 0.2) is 160 Å². The lowest BCUT2D eigenvalue weighted by molar-refractivity contribution is 0.668. The molecule has 0 aliphatic carbocycles. The van der Waals surface area contributed by atoms with Crippen molar-refractivity contribution in [2.24, 2.45) is 0 Å². The number of nitriles is 1. The van der Waals surface area contributed by atoms with Crippen LogP contribution >= 0.6 is 0 Å². The minimum atomic E-state index is 0.620. The standard InChI is InChI=1S/C43H25NO2/c44-26-27-9-8-12-31(21-27)43-35(29-17-19-41-37(22-29)33-13-4-6-15-39(33)45-41)24-32(28-10-2-1-3-11-28)25-36(43)30-18-20-42-38(23-30)34-14-5-7-16-40(34)46-42/h1-25H. The molecule has 0 atom stereocenters. The summed E-state index contributed by atoms with van der Waals surface area (Å²) < 4.78 is 12.4.